The maximum Gasteiger partial charge on any atom is 0.0893 e. The van der Waals surface area contributed by atoms with Gasteiger partial charge < -0.3 is 0 Å². The van der Waals surface area contributed by atoms with Gasteiger partial charge in [-0.15, -0.1) is 0 Å². The van der Waals surface area contributed by atoms with Crippen molar-refractivity contribution in [3.05, 3.63) is 35.2 Å². The van der Waals surface area contributed by atoms with Gasteiger partial charge in [0.1, 0.15) is 0 Å². The van der Waals surface area contributed by atoms with Crippen LogP contribution < -0.4 is 0 Å². The normalized spacial score (nSPS) is 12.1. The van der Waals surface area contributed by atoms with E-state index in [0.29, 0.717) is 0 Å². The Kier molecular flexibility index (Phi) is 3.90. The third-order valence-electron chi connectivity index (χ3n) is 2.80. The SMILES string of the molecule is Cc1ccc2nc(CI)c(CC(C)(C)C)nc2c1. The lowest BCUT2D eigenvalue weighted by Gasteiger charge is -2.19. The van der Waals surface area contributed by atoms with Crippen molar-refractivity contribution in [1.82, 2.24) is 9.97 Å². The zero-order valence-corrected chi connectivity index (χ0v) is 13.6. The van der Waals surface area contributed by atoms with Gasteiger partial charge in [-0.25, -0.2) is 9.97 Å². The molecule has 0 unspecified atom stereocenters. The number of rotatable bonds is 2. The first kappa shape index (κ1) is 13.7. The molecule has 96 valence electrons. The van der Waals surface area contributed by atoms with Crippen LogP contribution >= 0.6 is 22.6 Å². The molecule has 3 heteroatoms. The van der Waals surface area contributed by atoms with E-state index in [9.17, 15) is 0 Å². The van der Waals surface area contributed by atoms with Crippen molar-refractivity contribution >= 4 is 33.6 Å². The van der Waals surface area contributed by atoms with Crippen molar-refractivity contribution in [2.75, 3.05) is 0 Å². The van der Waals surface area contributed by atoms with Crippen molar-refractivity contribution in [3.8, 4) is 0 Å². The number of hydrogen-bond donors (Lipinski definition) is 0. The van der Waals surface area contributed by atoms with E-state index in [1.807, 2.05) is 0 Å². The van der Waals surface area contributed by atoms with E-state index in [1.165, 1.54) is 5.56 Å². The fourth-order valence-corrected chi connectivity index (χ4v) is 2.60. The topological polar surface area (TPSA) is 25.8 Å². The molecule has 0 amide bonds. The average Bonchev–Trinajstić information content (AvgIpc) is 2.25. The lowest BCUT2D eigenvalue weighted by atomic mass is 9.90. The summed E-state index contributed by atoms with van der Waals surface area (Å²) in [6, 6.07) is 6.28. The Hall–Kier alpha value is -0.710. The van der Waals surface area contributed by atoms with Gasteiger partial charge in [0.25, 0.3) is 0 Å². The van der Waals surface area contributed by atoms with Gasteiger partial charge in [0.15, 0.2) is 0 Å². The third-order valence-corrected chi connectivity index (χ3v) is 3.52. The summed E-state index contributed by atoms with van der Waals surface area (Å²) in [5.41, 5.74) is 5.78. The Morgan fingerprint density at radius 3 is 2.33 bits per heavy atom. The van der Waals surface area contributed by atoms with E-state index in [0.717, 1.165) is 33.3 Å². The molecule has 0 radical (unpaired) electrons. The Balaban J connectivity index is 2.56. The van der Waals surface area contributed by atoms with Crippen LogP contribution in [0, 0.1) is 12.3 Å². The fraction of sp³-hybridized carbons (Fsp3) is 0.467. The third kappa shape index (κ3) is 3.19. The number of aryl methyl sites for hydroxylation is 1. The van der Waals surface area contributed by atoms with Crippen molar-refractivity contribution < 1.29 is 0 Å². The molecule has 0 spiro atoms. The molecular formula is C15H19IN2. The molecule has 0 bridgehead atoms. The van der Waals surface area contributed by atoms with E-state index >= 15 is 0 Å². The van der Waals surface area contributed by atoms with Gasteiger partial charge in [0, 0.05) is 4.43 Å². The van der Waals surface area contributed by atoms with Gasteiger partial charge in [-0.2, -0.15) is 0 Å². The van der Waals surface area contributed by atoms with Crippen LogP contribution in [0.2, 0.25) is 0 Å². The Labute approximate surface area is 122 Å². The van der Waals surface area contributed by atoms with Gasteiger partial charge >= 0.3 is 0 Å². The molecule has 18 heavy (non-hydrogen) atoms. The molecule has 1 aromatic heterocycles. The molecule has 1 heterocycles. The lowest BCUT2D eigenvalue weighted by molar-refractivity contribution is 0.405. The van der Waals surface area contributed by atoms with Crippen molar-refractivity contribution in [2.24, 2.45) is 5.41 Å². The van der Waals surface area contributed by atoms with Crippen LogP contribution in [0.5, 0.6) is 0 Å². The first-order valence-corrected chi connectivity index (χ1v) is 7.74. The van der Waals surface area contributed by atoms with Gasteiger partial charge in [-0.1, -0.05) is 49.4 Å². The van der Waals surface area contributed by atoms with Crippen LogP contribution in [0.3, 0.4) is 0 Å². The summed E-state index contributed by atoms with van der Waals surface area (Å²) in [5, 5.41) is 0. The number of hydrogen-bond acceptors (Lipinski definition) is 2. The summed E-state index contributed by atoms with van der Waals surface area (Å²) in [4.78, 5) is 9.57. The summed E-state index contributed by atoms with van der Waals surface area (Å²) in [5.74, 6) is 0. The van der Waals surface area contributed by atoms with Crippen molar-refractivity contribution in [2.45, 2.75) is 38.5 Å². The highest BCUT2D eigenvalue weighted by molar-refractivity contribution is 14.1. The molecule has 0 aliphatic rings. The van der Waals surface area contributed by atoms with E-state index in [1.54, 1.807) is 0 Å². The quantitative estimate of drug-likeness (QED) is 0.588. The van der Waals surface area contributed by atoms with Gasteiger partial charge in [-0.05, 0) is 36.5 Å². The lowest BCUT2D eigenvalue weighted by Crippen LogP contribution is -2.13. The molecule has 0 aliphatic heterocycles. The molecule has 1 aromatic carbocycles. The van der Waals surface area contributed by atoms with E-state index in [4.69, 9.17) is 9.97 Å². The second-order valence-electron chi connectivity index (χ2n) is 5.98. The molecule has 0 N–H and O–H groups in total. The predicted molar refractivity (Wildman–Crippen MR) is 85.2 cm³/mol. The average molecular weight is 354 g/mol. The molecule has 0 fully saturated rings. The Morgan fingerprint density at radius 2 is 1.72 bits per heavy atom. The van der Waals surface area contributed by atoms with Crippen LogP contribution in [-0.2, 0) is 10.8 Å². The highest BCUT2D eigenvalue weighted by Crippen LogP contribution is 2.24. The number of fused-ring (bicyclic) bond motifs is 1. The second kappa shape index (κ2) is 5.11. The van der Waals surface area contributed by atoms with Crippen LogP contribution in [0.15, 0.2) is 18.2 Å². The summed E-state index contributed by atoms with van der Waals surface area (Å²) in [7, 11) is 0. The van der Waals surface area contributed by atoms with E-state index in [-0.39, 0.29) is 5.41 Å². The van der Waals surface area contributed by atoms with Crippen LogP contribution in [0.4, 0.5) is 0 Å². The monoisotopic (exact) mass is 354 g/mol. The molecule has 2 aromatic rings. The zero-order valence-electron chi connectivity index (χ0n) is 11.4. The number of alkyl halides is 1. The maximum absolute atomic E-state index is 4.82. The second-order valence-corrected chi connectivity index (χ2v) is 6.74. The van der Waals surface area contributed by atoms with E-state index < -0.39 is 0 Å². The largest absolute Gasteiger partial charge is 0.249 e. The van der Waals surface area contributed by atoms with Crippen LogP contribution in [-0.4, -0.2) is 9.97 Å². The summed E-state index contributed by atoms with van der Waals surface area (Å²) in [6.07, 6.45) is 0.974. The Morgan fingerprint density at radius 1 is 1.06 bits per heavy atom. The van der Waals surface area contributed by atoms with Crippen molar-refractivity contribution in [3.63, 3.8) is 0 Å². The minimum Gasteiger partial charge on any atom is -0.249 e. The fourth-order valence-electron chi connectivity index (χ4n) is 1.99. The van der Waals surface area contributed by atoms with Crippen LogP contribution in [0.1, 0.15) is 37.7 Å². The summed E-state index contributed by atoms with van der Waals surface area (Å²) in [6.45, 7) is 8.82. The summed E-state index contributed by atoms with van der Waals surface area (Å²) < 4.78 is 0.917. The van der Waals surface area contributed by atoms with E-state index in [2.05, 4.69) is 68.5 Å². The number of benzene rings is 1. The highest BCUT2D eigenvalue weighted by atomic mass is 127. The first-order valence-electron chi connectivity index (χ1n) is 6.21. The maximum atomic E-state index is 4.82. The molecule has 2 nitrogen and oxygen atoms in total. The standard InChI is InChI=1S/C15H19IN2/c1-10-5-6-11-12(7-10)18-13(8-15(2,3)4)14(9-16)17-11/h5-7H,8-9H2,1-4H3. The van der Waals surface area contributed by atoms with Gasteiger partial charge in [-0.3, -0.25) is 0 Å². The number of halogens is 1. The summed E-state index contributed by atoms with van der Waals surface area (Å²) >= 11 is 2.37. The first-order chi connectivity index (χ1) is 8.39. The number of nitrogens with zero attached hydrogens (tertiary/aromatic N) is 2. The van der Waals surface area contributed by atoms with Crippen molar-refractivity contribution in [1.29, 1.82) is 0 Å². The molecule has 0 saturated heterocycles. The highest BCUT2D eigenvalue weighted by Gasteiger charge is 2.16. The molecule has 0 atom stereocenters. The van der Waals surface area contributed by atoms with Gasteiger partial charge in [0.2, 0.25) is 0 Å². The minimum atomic E-state index is 0.243. The molecular weight excluding hydrogens is 335 g/mol. The zero-order chi connectivity index (χ0) is 13.3. The van der Waals surface area contributed by atoms with Gasteiger partial charge in [0.05, 0.1) is 22.4 Å². The molecule has 2 rings (SSSR count). The predicted octanol–water partition coefficient (Wildman–Crippen LogP) is 4.46. The minimum absolute atomic E-state index is 0.243. The van der Waals surface area contributed by atoms with Crippen LogP contribution in [0.25, 0.3) is 11.0 Å². The Bertz CT molecular complexity index is 570. The smallest absolute Gasteiger partial charge is 0.0893 e. The molecule has 0 aliphatic carbocycles. The molecule has 0 saturated carbocycles. The number of aromatic nitrogens is 2.